The highest BCUT2D eigenvalue weighted by atomic mass is 32.2. The molecule has 0 saturated carbocycles. The highest BCUT2D eigenvalue weighted by Gasteiger charge is 2.17. The molecule has 0 aromatic heterocycles. The Labute approximate surface area is 111 Å². The number of aromatic carboxylic acids is 1. The molecule has 0 fully saturated rings. The van der Waals surface area contributed by atoms with Crippen LogP contribution in [0.2, 0.25) is 0 Å². The third-order valence-corrected chi connectivity index (χ3v) is 3.97. The van der Waals surface area contributed by atoms with E-state index in [-0.39, 0.29) is 23.4 Å². The summed E-state index contributed by atoms with van der Waals surface area (Å²) in [5.74, 6) is -1.17. The molecule has 102 valence electrons. The third-order valence-electron chi connectivity index (χ3n) is 2.51. The molecule has 1 aromatic carbocycles. The number of nitrogens with one attached hydrogen (secondary N) is 1. The van der Waals surface area contributed by atoms with Crippen LogP contribution in [0, 0.1) is 18.3 Å². The summed E-state index contributed by atoms with van der Waals surface area (Å²) >= 11 is 0. The first kappa shape index (κ1) is 15.1. The molecule has 2 N–H and O–H groups in total. The van der Waals surface area contributed by atoms with Crippen LogP contribution in [0.3, 0.4) is 0 Å². The van der Waals surface area contributed by atoms with Gasteiger partial charge in [-0.3, -0.25) is 0 Å². The van der Waals surface area contributed by atoms with Crippen molar-refractivity contribution in [2.75, 3.05) is 6.54 Å². The molecule has 0 radical (unpaired) electrons. The molecule has 7 heteroatoms. The molecule has 0 bridgehead atoms. The molecule has 0 amide bonds. The average molecular weight is 282 g/mol. The monoisotopic (exact) mass is 282 g/mol. The number of carboxylic acid groups (broad SMARTS) is 1. The molecule has 0 aliphatic carbocycles. The van der Waals surface area contributed by atoms with Crippen LogP contribution in [0.25, 0.3) is 0 Å². The van der Waals surface area contributed by atoms with E-state index in [2.05, 4.69) is 4.72 Å². The summed E-state index contributed by atoms with van der Waals surface area (Å²) in [6, 6.07) is 5.85. The zero-order valence-corrected chi connectivity index (χ0v) is 11.2. The Hall–Kier alpha value is -1.91. The molecule has 0 unspecified atom stereocenters. The molecule has 0 atom stereocenters. The number of hydrogen-bond acceptors (Lipinski definition) is 4. The van der Waals surface area contributed by atoms with Crippen molar-refractivity contribution < 1.29 is 18.3 Å². The minimum absolute atomic E-state index is 0.0418. The van der Waals surface area contributed by atoms with Gasteiger partial charge in [0.2, 0.25) is 10.0 Å². The van der Waals surface area contributed by atoms with Gasteiger partial charge in [0.1, 0.15) is 0 Å². The van der Waals surface area contributed by atoms with Crippen LogP contribution in [0.1, 0.15) is 28.8 Å². The van der Waals surface area contributed by atoms with E-state index < -0.39 is 16.0 Å². The number of benzene rings is 1. The number of hydrogen-bond donors (Lipinski definition) is 2. The van der Waals surface area contributed by atoms with Gasteiger partial charge in [0, 0.05) is 13.0 Å². The lowest BCUT2D eigenvalue weighted by molar-refractivity contribution is 0.0696. The van der Waals surface area contributed by atoms with Crippen LogP contribution in [0.5, 0.6) is 0 Å². The van der Waals surface area contributed by atoms with Gasteiger partial charge in [-0.25, -0.2) is 17.9 Å². The molecule has 0 spiro atoms. The van der Waals surface area contributed by atoms with E-state index in [0.29, 0.717) is 12.0 Å². The van der Waals surface area contributed by atoms with Gasteiger partial charge in [-0.1, -0.05) is 6.07 Å². The summed E-state index contributed by atoms with van der Waals surface area (Å²) in [5, 5.41) is 17.3. The second-order valence-electron chi connectivity index (χ2n) is 3.94. The first-order valence-electron chi connectivity index (χ1n) is 5.59. The van der Waals surface area contributed by atoms with Crippen LogP contribution in [-0.4, -0.2) is 26.0 Å². The number of carboxylic acids is 1. The van der Waals surface area contributed by atoms with Gasteiger partial charge in [0.25, 0.3) is 0 Å². The van der Waals surface area contributed by atoms with E-state index in [1.165, 1.54) is 12.1 Å². The van der Waals surface area contributed by atoms with Crippen molar-refractivity contribution in [2.45, 2.75) is 24.7 Å². The van der Waals surface area contributed by atoms with Gasteiger partial charge in [-0.2, -0.15) is 5.26 Å². The average Bonchev–Trinajstić information content (AvgIpc) is 2.34. The van der Waals surface area contributed by atoms with Gasteiger partial charge < -0.3 is 5.11 Å². The van der Waals surface area contributed by atoms with Gasteiger partial charge in [-0.05, 0) is 31.0 Å². The fourth-order valence-electron chi connectivity index (χ4n) is 1.46. The van der Waals surface area contributed by atoms with Crippen molar-refractivity contribution in [3.05, 3.63) is 29.3 Å². The zero-order chi connectivity index (χ0) is 14.5. The SMILES string of the molecule is Cc1ccc(S(=O)(=O)NCCCC#N)cc1C(=O)O. The first-order valence-corrected chi connectivity index (χ1v) is 7.07. The van der Waals surface area contributed by atoms with E-state index in [0.717, 1.165) is 6.07 Å². The molecule has 19 heavy (non-hydrogen) atoms. The Morgan fingerprint density at radius 2 is 2.16 bits per heavy atom. The standard InChI is InChI=1S/C12H14N2O4S/c1-9-4-5-10(8-11(9)12(15)16)19(17,18)14-7-3-2-6-13/h4-5,8,14H,2-3,7H2,1H3,(H,15,16). The van der Waals surface area contributed by atoms with E-state index >= 15 is 0 Å². The lowest BCUT2D eigenvalue weighted by Crippen LogP contribution is -2.25. The topological polar surface area (TPSA) is 107 Å². The van der Waals surface area contributed by atoms with Crippen LogP contribution >= 0.6 is 0 Å². The fourth-order valence-corrected chi connectivity index (χ4v) is 2.56. The molecule has 0 heterocycles. The van der Waals surface area contributed by atoms with Crippen molar-refractivity contribution in [3.8, 4) is 6.07 Å². The molecular weight excluding hydrogens is 268 g/mol. The normalized spacial score (nSPS) is 10.9. The molecule has 6 nitrogen and oxygen atoms in total. The number of nitrogens with zero attached hydrogens (tertiary/aromatic N) is 1. The summed E-state index contributed by atoms with van der Waals surface area (Å²) in [6.45, 7) is 1.74. The second kappa shape index (κ2) is 6.31. The highest BCUT2D eigenvalue weighted by molar-refractivity contribution is 7.89. The molecule has 0 aliphatic rings. The molecular formula is C12H14N2O4S. The Morgan fingerprint density at radius 3 is 2.74 bits per heavy atom. The van der Waals surface area contributed by atoms with E-state index in [9.17, 15) is 13.2 Å². The van der Waals surface area contributed by atoms with Crippen molar-refractivity contribution in [1.82, 2.24) is 4.72 Å². The van der Waals surface area contributed by atoms with Crippen LogP contribution < -0.4 is 4.72 Å². The quantitative estimate of drug-likeness (QED) is 0.764. The first-order chi connectivity index (χ1) is 8.88. The predicted molar refractivity (Wildman–Crippen MR) is 68.2 cm³/mol. The summed E-state index contributed by atoms with van der Waals surface area (Å²) in [6.07, 6.45) is 0.671. The largest absolute Gasteiger partial charge is 0.478 e. The molecule has 0 saturated heterocycles. The maximum atomic E-state index is 11.9. The lowest BCUT2D eigenvalue weighted by Gasteiger charge is -2.08. The maximum Gasteiger partial charge on any atom is 0.335 e. The highest BCUT2D eigenvalue weighted by Crippen LogP contribution is 2.15. The Balaban J connectivity index is 2.93. The summed E-state index contributed by atoms with van der Waals surface area (Å²) in [7, 11) is -3.74. The minimum Gasteiger partial charge on any atom is -0.478 e. The summed E-state index contributed by atoms with van der Waals surface area (Å²) in [5.41, 5.74) is 0.454. The van der Waals surface area contributed by atoms with Crippen molar-refractivity contribution in [1.29, 1.82) is 5.26 Å². The minimum atomic E-state index is -3.74. The van der Waals surface area contributed by atoms with Crippen molar-refractivity contribution in [2.24, 2.45) is 0 Å². The number of sulfonamides is 1. The number of rotatable bonds is 6. The number of unbranched alkanes of at least 4 members (excludes halogenated alkanes) is 1. The van der Waals surface area contributed by atoms with Crippen LogP contribution in [0.4, 0.5) is 0 Å². The molecule has 1 rings (SSSR count). The van der Waals surface area contributed by atoms with Crippen LogP contribution in [-0.2, 0) is 10.0 Å². The van der Waals surface area contributed by atoms with Crippen molar-refractivity contribution >= 4 is 16.0 Å². The zero-order valence-electron chi connectivity index (χ0n) is 10.4. The van der Waals surface area contributed by atoms with Gasteiger partial charge in [0.05, 0.1) is 16.5 Å². The third kappa shape index (κ3) is 4.05. The van der Waals surface area contributed by atoms with Gasteiger partial charge >= 0.3 is 5.97 Å². The van der Waals surface area contributed by atoms with Crippen LogP contribution in [0.15, 0.2) is 23.1 Å². The lowest BCUT2D eigenvalue weighted by atomic mass is 10.1. The van der Waals surface area contributed by atoms with Crippen molar-refractivity contribution in [3.63, 3.8) is 0 Å². The molecule has 0 aliphatic heterocycles. The number of carbonyl (C=O) groups is 1. The van der Waals surface area contributed by atoms with E-state index in [1.807, 2.05) is 6.07 Å². The summed E-state index contributed by atoms with van der Waals surface area (Å²) in [4.78, 5) is 10.9. The van der Waals surface area contributed by atoms with E-state index in [1.54, 1.807) is 6.92 Å². The smallest absolute Gasteiger partial charge is 0.335 e. The Bertz CT molecular complexity index is 617. The summed E-state index contributed by atoms with van der Waals surface area (Å²) < 4.78 is 26.1. The number of aryl methyl sites for hydroxylation is 1. The van der Waals surface area contributed by atoms with E-state index in [4.69, 9.17) is 10.4 Å². The Kier molecular flexibility index (Phi) is 5.03. The fraction of sp³-hybridized carbons (Fsp3) is 0.333. The van der Waals surface area contributed by atoms with Gasteiger partial charge in [0.15, 0.2) is 0 Å². The molecule has 1 aromatic rings. The predicted octanol–water partition coefficient (Wildman–Crippen LogP) is 1.28. The maximum absolute atomic E-state index is 11.9. The van der Waals surface area contributed by atoms with Gasteiger partial charge in [-0.15, -0.1) is 0 Å². The Morgan fingerprint density at radius 1 is 1.47 bits per heavy atom. The number of nitriles is 1. The second-order valence-corrected chi connectivity index (χ2v) is 5.71.